The lowest BCUT2D eigenvalue weighted by Crippen LogP contribution is -2.41. The molecule has 3 heteroatoms. The van der Waals surface area contributed by atoms with Crippen molar-refractivity contribution in [3.8, 4) is 0 Å². The second-order valence-electron chi connectivity index (χ2n) is 4.37. The van der Waals surface area contributed by atoms with E-state index in [2.05, 4.69) is 19.3 Å². The van der Waals surface area contributed by atoms with Crippen LogP contribution in [-0.4, -0.2) is 19.3 Å². The van der Waals surface area contributed by atoms with Crippen LogP contribution in [0.2, 0.25) is 0 Å². The zero-order valence-corrected chi connectivity index (χ0v) is 8.75. The lowest BCUT2D eigenvalue weighted by Gasteiger charge is -2.22. The fourth-order valence-electron chi connectivity index (χ4n) is 1.84. The van der Waals surface area contributed by atoms with Crippen LogP contribution >= 0.6 is 0 Å². The summed E-state index contributed by atoms with van der Waals surface area (Å²) >= 11 is 0. The number of ether oxygens (including phenoxy) is 1. The van der Waals surface area contributed by atoms with Crippen LogP contribution in [0, 0.1) is 11.8 Å². The molecule has 1 fully saturated rings. The number of hydrogen-bond acceptors (Lipinski definition) is 3. The summed E-state index contributed by atoms with van der Waals surface area (Å²) in [7, 11) is 0. The van der Waals surface area contributed by atoms with E-state index >= 15 is 0 Å². The van der Waals surface area contributed by atoms with Gasteiger partial charge in [-0.25, -0.2) is 0 Å². The molecule has 1 aliphatic heterocycles. The van der Waals surface area contributed by atoms with Gasteiger partial charge >= 0.3 is 0 Å². The van der Waals surface area contributed by atoms with E-state index in [0.29, 0.717) is 12.0 Å². The van der Waals surface area contributed by atoms with Gasteiger partial charge < -0.3 is 4.74 Å². The molecule has 0 aliphatic carbocycles. The summed E-state index contributed by atoms with van der Waals surface area (Å²) in [6.45, 7) is 6.29. The van der Waals surface area contributed by atoms with Gasteiger partial charge in [0.25, 0.3) is 0 Å². The molecule has 0 saturated carbocycles. The van der Waals surface area contributed by atoms with Crippen molar-refractivity contribution in [3.63, 3.8) is 0 Å². The van der Waals surface area contributed by atoms with Gasteiger partial charge in [-0.2, -0.15) is 0 Å². The molecule has 2 atom stereocenters. The minimum absolute atomic E-state index is 0.449. The third-order valence-corrected chi connectivity index (χ3v) is 2.80. The minimum Gasteiger partial charge on any atom is -0.381 e. The average Bonchev–Trinajstić information content (AvgIpc) is 2.58. The molecule has 13 heavy (non-hydrogen) atoms. The topological polar surface area (TPSA) is 47.3 Å². The summed E-state index contributed by atoms with van der Waals surface area (Å²) in [6.07, 6.45) is 3.57. The van der Waals surface area contributed by atoms with Crippen molar-refractivity contribution < 1.29 is 4.74 Å². The van der Waals surface area contributed by atoms with Crippen molar-refractivity contribution in [2.45, 2.75) is 39.2 Å². The normalized spacial score (nSPS) is 25.4. The summed E-state index contributed by atoms with van der Waals surface area (Å²) < 4.78 is 5.35. The predicted molar refractivity (Wildman–Crippen MR) is 54.1 cm³/mol. The van der Waals surface area contributed by atoms with Crippen LogP contribution in [0.5, 0.6) is 0 Å². The van der Waals surface area contributed by atoms with E-state index in [-0.39, 0.29) is 0 Å². The van der Waals surface area contributed by atoms with Crippen molar-refractivity contribution in [2.24, 2.45) is 17.7 Å². The van der Waals surface area contributed by atoms with E-state index in [1.54, 1.807) is 0 Å². The van der Waals surface area contributed by atoms with Crippen LogP contribution in [-0.2, 0) is 4.74 Å². The Labute approximate surface area is 81.0 Å². The Hall–Kier alpha value is -0.120. The Morgan fingerprint density at radius 3 is 2.69 bits per heavy atom. The molecule has 0 bridgehead atoms. The van der Waals surface area contributed by atoms with Gasteiger partial charge in [0.1, 0.15) is 0 Å². The standard InChI is InChI=1S/C10H22N2O/c1-8(2)3-4-10(12-11)9-5-6-13-7-9/h8-10,12H,3-7,11H2,1-2H3. The second kappa shape index (κ2) is 5.58. The molecule has 1 saturated heterocycles. The summed E-state index contributed by atoms with van der Waals surface area (Å²) in [5.41, 5.74) is 2.92. The van der Waals surface area contributed by atoms with E-state index in [9.17, 15) is 0 Å². The van der Waals surface area contributed by atoms with E-state index < -0.39 is 0 Å². The van der Waals surface area contributed by atoms with Crippen molar-refractivity contribution in [1.29, 1.82) is 0 Å². The van der Waals surface area contributed by atoms with Crippen LogP contribution < -0.4 is 11.3 Å². The monoisotopic (exact) mass is 186 g/mol. The zero-order valence-electron chi connectivity index (χ0n) is 8.75. The largest absolute Gasteiger partial charge is 0.381 e. The highest BCUT2D eigenvalue weighted by Crippen LogP contribution is 2.20. The third-order valence-electron chi connectivity index (χ3n) is 2.80. The van der Waals surface area contributed by atoms with Crippen LogP contribution in [0.1, 0.15) is 33.1 Å². The average molecular weight is 186 g/mol. The lowest BCUT2D eigenvalue weighted by molar-refractivity contribution is 0.174. The van der Waals surface area contributed by atoms with Crippen LogP contribution in [0.3, 0.4) is 0 Å². The van der Waals surface area contributed by atoms with Gasteiger partial charge in [0.15, 0.2) is 0 Å². The lowest BCUT2D eigenvalue weighted by atomic mass is 9.93. The molecule has 1 rings (SSSR count). The van der Waals surface area contributed by atoms with Gasteiger partial charge in [0, 0.05) is 18.6 Å². The molecular formula is C10H22N2O. The third kappa shape index (κ3) is 3.63. The Balaban J connectivity index is 2.24. The van der Waals surface area contributed by atoms with Crippen molar-refractivity contribution in [3.05, 3.63) is 0 Å². The molecular weight excluding hydrogens is 164 g/mol. The number of nitrogens with one attached hydrogen (secondary N) is 1. The molecule has 0 aromatic heterocycles. The maximum Gasteiger partial charge on any atom is 0.0510 e. The summed E-state index contributed by atoms with van der Waals surface area (Å²) in [6, 6.07) is 0.449. The Bertz CT molecular complexity index is 133. The van der Waals surface area contributed by atoms with Gasteiger partial charge in [-0.1, -0.05) is 13.8 Å². The Kier molecular flexibility index (Phi) is 4.70. The highest BCUT2D eigenvalue weighted by molar-refractivity contribution is 4.77. The molecule has 0 aromatic rings. The van der Waals surface area contributed by atoms with Gasteiger partial charge in [-0.05, 0) is 25.2 Å². The second-order valence-corrected chi connectivity index (χ2v) is 4.37. The van der Waals surface area contributed by atoms with Gasteiger partial charge in [0.2, 0.25) is 0 Å². The Morgan fingerprint density at radius 2 is 2.23 bits per heavy atom. The first kappa shape index (κ1) is 11.0. The van der Waals surface area contributed by atoms with Crippen LogP contribution in [0.15, 0.2) is 0 Å². The predicted octanol–water partition coefficient (Wildman–Crippen LogP) is 1.29. The highest BCUT2D eigenvalue weighted by atomic mass is 16.5. The summed E-state index contributed by atoms with van der Waals surface area (Å²) in [5.74, 6) is 6.92. The SMILES string of the molecule is CC(C)CCC(NN)C1CCOC1. The molecule has 1 heterocycles. The first-order valence-corrected chi connectivity index (χ1v) is 5.28. The van der Waals surface area contributed by atoms with Crippen molar-refractivity contribution in [2.75, 3.05) is 13.2 Å². The highest BCUT2D eigenvalue weighted by Gasteiger charge is 2.24. The fraction of sp³-hybridized carbons (Fsp3) is 1.00. The molecule has 0 radical (unpaired) electrons. The van der Waals surface area contributed by atoms with Crippen LogP contribution in [0.4, 0.5) is 0 Å². The van der Waals surface area contributed by atoms with Gasteiger partial charge in [-0.3, -0.25) is 11.3 Å². The molecule has 0 amide bonds. The van der Waals surface area contributed by atoms with E-state index in [0.717, 1.165) is 25.6 Å². The molecule has 3 N–H and O–H groups in total. The molecule has 2 unspecified atom stereocenters. The van der Waals surface area contributed by atoms with E-state index in [1.165, 1.54) is 12.8 Å². The quantitative estimate of drug-likeness (QED) is 0.502. The number of nitrogens with two attached hydrogens (primary N) is 1. The number of rotatable bonds is 5. The molecule has 78 valence electrons. The number of hydrogen-bond donors (Lipinski definition) is 2. The zero-order chi connectivity index (χ0) is 9.68. The molecule has 0 aromatic carbocycles. The van der Waals surface area contributed by atoms with Crippen molar-refractivity contribution in [1.82, 2.24) is 5.43 Å². The minimum atomic E-state index is 0.449. The van der Waals surface area contributed by atoms with Crippen LogP contribution in [0.25, 0.3) is 0 Å². The van der Waals surface area contributed by atoms with Crippen molar-refractivity contribution >= 4 is 0 Å². The smallest absolute Gasteiger partial charge is 0.0510 e. The molecule has 3 nitrogen and oxygen atoms in total. The molecule has 0 spiro atoms. The first-order chi connectivity index (χ1) is 6.24. The maximum absolute atomic E-state index is 5.53. The van der Waals surface area contributed by atoms with Gasteiger partial charge in [0.05, 0.1) is 6.61 Å². The fourth-order valence-corrected chi connectivity index (χ4v) is 1.84. The molecule has 1 aliphatic rings. The summed E-state index contributed by atoms with van der Waals surface area (Å²) in [5, 5.41) is 0. The van der Waals surface area contributed by atoms with E-state index in [4.69, 9.17) is 10.6 Å². The maximum atomic E-state index is 5.53. The summed E-state index contributed by atoms with van der Waals surface area (Å²) in [4.78, 5) is 0. The number of hydrazine groups is 1. The van der Waals surface area contributed by atoms with E-state index in [1.807, 2.05) is 0 Å². The Morgan fingerprint density at radius 1 is 1.46 bits per heavy atom. The first-order valence-electron chi connectivity index (χ1n) is 5.28. The van der Waals surface area contributed by atoms with Gasteiger partial charge in [-0.15, -0.1) is 0 Å².